The molecule has 0 bridgehead atoms. The van der Waals surface area contributed by atoms with Crippen LogP contribution in [-0.4, -0.2) is 70.0 Å². The molecule has 0 aliphatic heterocycles. The van der Waals surface area contributed by atoms with Crippen LogP contribution in [0.5, 0.6) is 0 Å². The van der Waals surface area contributed by atoms with Crippen molar-refractivity contribution in [1.82, 2.24) is 0 Å². The van der Waals surface area contributed by atoms with Crippen LogP contribution in [-0.2, 0) is 32.7 Å². The Labute approximate surface area is 306 Å². The third-order valence-corrected chi connectivity index (χ3v) is 9.10. The molecule has 0 saturated carbocycles. The molecule has 0 amide bonds. The summed E-state index contributed by atoms with van der Waals surface area (Å²) in [5, 5.41) is 0. The quantitative estimate of drug-likeness (QED) is 0.0209. The Morgan fingerprint density at radius 2 is 1.10 bits per heavy atom. The van der Waals surface area contributed by atoms with Crippen molar-refractivity contribution in [2.24, 2.45) is 0 Å². The molecule has 292 valence electrons. The van der Waals surface area contributed by atoms with Gasteiger partial charge in [0.15, 0.2) is 6.10 Å². The molecule has 0 aliphatic carbocycles. The molecule has 10 heteroatoms. The number of ether oxygens (including phenoxy) is 2. The molecule has 0 N–H and O–H groups in total. The van der Waals surface area contributed by atoms with Gasteiger partial charge >= 0.3 is 11.9 Å². The summed E-state index contributed by atoms with van der Waals surface area (Å²) in [4.78, 5) is 37.3. The molecule has 2 atom stereocenters. The lowest BCUT2D eigenvalue weighted by molar-refractivity contribution is -0.870. The van der Waals surface area contributed by atoms with Gasteiger partial charge in [-0.05, 0) is 64.2 Å². The lowest BCUT2D eigenvalue weighted by atomic mass is 10.1. The Balaban J connectivity index is 4.45. The molecular formula is C40H74NO8P. The molecule has 0 saturated heterocycles. The molecule has 0 aliphatic rings. The van der Waals surface area contributed by atoms with Crippen LogP contribution in [0.25, 0.3) is 0 Å². The first kappa shape index (κ1) is 48.2. The molecule has 50 heavy (non-hydrogen) atoms. The van der Waals surface area contributed by atoms with Crippen molar-refractivity contribution in [2.75, 3.05) is 47.5 Å². The van der Waals surface area contributed by atoms with E-state index in [1.165, 1.54) is 38.5 Å². The number of carbonyl (C=O) groups is 2. The van der Waals surface area contributed by atoms with Crippen molar-refractivity contribution >= 4 is 19.8 Å². The number of hydrogen-bond donors (Lipinski definition) is 0. The summed E-state index contributed by atoms with van der Waals surface area (Å²) in [6.07, 6.45) is 34.5. The fourth-order valence-corrected chi connectivity index (χ4v) is 5.69. The number of phosphoric acid groups is 1. The summed E-state index contributed by atoms with van der Waals surface area (Å²) in [6.45, 7) is 4.11. The number of allylic oxidation sites excluding steroid dienone is 6. The fraction of sp³-hybridized carbons (Fsp3) is 0.800. The number of carbonyl (C=O) groups excluding carboxylic acids is 2. The number of hydrogen-bond acceptors (Lipinski definition) is 8. The average Bonchev–Trinajstić information content (AvgIpc) is 3.06. The molecule has 0 aromatic heterocycles. The van der Waals surface area contributed by atoms with Crippen molar-refractivity contribution in [2.45, 2.75) is 161 Å². The Morgan fingerprint density at radius 1 is 0.620 bits per heavy atom. The lowest BCUT2D eigenvalue weighted by Crippen LogP contribution is -2.37. The first-order valence-corrected chi connectivity index (χ1v) is 21.2. The second-order valence-corrected chi connectivity index (χ2v) is 15.7. The van der Waals surface area contributed by atoms with Gasteiger partial charge in [0.25, 0.3) is 7.82 Å². The van der Waals surface area contributed by atoms with Crippen LogP contribution in [0.3, 0.4) is 0 Å². The maximum Gasteiger partial charge on any atom is 0.306 e. The largest absolute Gasteiger partial charge is 0.756 e. The van der Waals surface area contributed by atoms with Crippen molar-refractivity contribution in [3.05, 3.63) is 36.5 Å². The van der Waals surface area contributed by atoms with E-state index in [1.54, 1.807) is 0 Å². The third-order valence-electron chi connectivity index (χ3n) is 8.13. The standard InChI is InChI=1S/C40H74NO8P/c1-6-8-10-12-14-16-18-19-20-21-23-24-26-28-30-32-39(42)46-36-38(37-48-50(44,45)47-35-34-41(3,4)5)49-40(43)33-31-29-27-25-22-17-15-13-11-9-7-2/h13-16,19-20,38H,6-12,17-18,21-37H2,1-5H3/b15-13-,16-14-,20-19-/t38-/m1/s1. The first-order valence-electron chi connectivity index (χ1n) is 19.7. The second-order valence-electron chi connectivity index (χ2n) is 14.3. The van der Waals surface area contributed by atoms with Gasteiger partial charge in [0.1, 0.15) is 19.8 Å². The molecule has 0 radical (unpaired) electrons. The lowest BCUT2D eigenvalue weighted by Gasteiger charge is -2.28. The van der Waals surface area contributed by atoms with E-state index in [0.717, 1.165) is 77.0 Å². The van der Waals surface area contributed by atoms with E-state index in [0.29, 0.717) is 23.9 Å². The highest BCUT2D eigenvalue weighted by atomic mass is 31.2. The maximum absolute atomic E-state index is 12.6. The van der Waals surface area contributed by atoms with Crippen LogP contribution in [0.1, 0.15) is 155 Å². The Hall–Kier alpha value is -1.77. The van der Waals surface area contributed by atoms with E-state index >= 15 is 0 Å². The highest BCUT2D eigenvalue weighted by Gasteiger charge is 2.21. The smallest absolute Gasteiger partial charge is 0.306 e. The topological polar surface area (TPSA) is 111 Å². The van der Waals surface area contributed by atoms with Crippen LogP contribution >= 0.6 is 7.82 Å². The van der Waals surface area contributed by atoms with Gasteiger partial charge in [0.2, 0.25) is 0 Å². The fourth-order valence-electron chi connectivity index (χ4n) is 4.96. The number of quaternary nitrogens is 1. The van der Waals surface area contributed by atoms with Gasteiger partial charge < -0.3 is 27.9 Å². The third kappa shape index (κ3) is 36.0. The summed E-state index contributed by atoms with van der Waals surface area (Å²) >= 11 is 0. The van der Waals surface area contributed by atoms with Gasteiger partial charge in [-0.1, -0.05) is 115 Å². The molecule has 0 heterocycles. The molecular weight excluding hydrogens is 653 g/mol. The first-order chi connectivity index (χ1) is 24.0. The van der Waals surface area contributed by atoms with E-state index in [9.17, 15) is 19.0 Å². The summed E-state index contributed by atoms with van der Waals surface area (Å²) in [7, 11) is 1.15. The zero-order valence-corrected chi connectivity index (χ0v) is 33.5. The van der Waals surface area contributed by atoms with Crippen molar-refractivity contribution in [3.63, 3.8) is 0 Å². The van der Waals surface area contributed by atoms with E-state index in [4.69, 9.17) is 18.5 Å². The van der Waals surface area contributed by atoms with Gasteiger partial charge in [-0.3, -0.25) is 14.2 Å². The number of nitrogens with zero attached hydrogens (tertiary/aromatic N) is 1. The second kappa shape index (κ2) is 33.1. The monoisotopic (exact) mass is 728 g/mol. The molecule has 0 fully saturated rings. The van der Waals surface area contributed by atoms with Crippen molar-refractivity contribution < 1.29 is 42.1 Å². The molecule has 1 unspecified atom stereocenters. The van der Waals surface area contributed by atoms with Crippen LogP contribution < -0.4 is 4.89 Å². The van der Waals surface area contributed by atoms with Gasteiger partial charge in [-0.15, -0.1) is 0 Å². The predicted molar refractivity (Wildman–Crippen MR) is 204 cm³/mol. The van der Waals surface area contributed by atoms with Crippen molar-refractivity contribution in [3.8, 4) is 0 Å². The molecule has 0 aromatic carbocycles. The van der Waals surface area contributed by atoms with Crippen LogP contribution in [0.2, 0.25) is 0 Å². The average molecular weight is 728 g/mol. The minimum atomic E-state index is -4.62. The van der Waals surface area contributed by atoms with Gasteiger partial charge in [-0.25, -0.2) is 0 Å². The normalized spacial score (nSPS) is 14.1. The molecule has 0 aromatic rings. The highest BCUT2D eigenvalue weighted by molar-refractivity contribution is 7.45. The van der Waals surface area contributed by atoms with Crippen molar-refractivity contribution in [1.29, 1.82) is 0 Å². The maximum atomic E-state index is 12.6. The molecule has 0 rings (SSSR count). The number of unbranched alkanes of at least 4 members (excludes halogenated alkanes) is 15. The van der Waals surface area contributed by atoms with Gasteiger partial charge in [0.05, 0.1) is 27.7 Å². The van der Waals surface area contributed by atoms with E-state index in [2.05, 4.69) is 50.3 Å². The van der Waals surface area contributed by atoms with E-state index < -0.39 is 32.5 Å². The Kier molecular flexibility index (Phi) is 31.9. The number of rotatable bonds is 35. The predicted octanol–water partition coefficient (Wildman–Crippen LogP) is 9.94. The van der Waals surface area contributed by atoms with Crippen LogP contribution in [0.4, 0.5) is 0 Å². The summed E-state index contributed by atoms with van der Waals surface area (Å²) in [5.41, 5.74) is 0. The van der Waals surface area contributed by atoms with Gasteiger partial charge in [0, 0.05) is 12.8 Å². The zero-order chi connectivity index (χ0) is 37.2. The number of phosphoric ester groups is 1. The minimum absolute atomic E-state index is 0.0353. The highest BCUT2D eigenvalue weighted by Crippen LogP contribution is 2.38. The molecule has 0 spiro atoms. The van der Waals surface area contributed by atoms with Crippen LogP contribution in [0.15, 0.2) is 36.5 Å². The van der Waals surface area contributed by atoms with E-state index in [1.807, 2.05) is 21.1 Å². The molecule has 9 nitrogen and oxygen atoms in total. The minimum Gasteiger partial charge on any atom is -0.756 e. The SMILES string of the molecule is CCCC/C=C\CCCCCCCC(=O)O[C@H](COC(=O)CCCCCCC/C=C\C/C=C\CCCCC)COP(=O)([O-])OCC[N+](C)(C)C. The van der Waals surface area contributed by atoms with Gasteiger partial charge in [-0.2, -0.15) is 0 Å². The Bertz CT molecular complexity index is 959. The van der Waals surface area contributed by atoms with Crippen LogP contribution in [0, 0.1) is 0 Å². The number of esters is 2. The Morgan fingerprint density at radius 3 is 1.66 bits per heavy atom. The summed E-state index contributed by atoms with van der Waals surface area (Å²) in [5.74, 6) is -0.865. The van der Waals surface area contributed by atoms with E-state index in [-0.39, 0.29) is 26.1 Å². The zero-order valence-electron chi connectivity index (χ0n) is 32.6. The summed E-state index contributed by atoms with van der Waals surface area (Å²) in [6, 6.07) is 0. The number of likely N-dealkylation sites (N-methyl/N-ethyl adjacent to an activating group) is 1. The summed E-state index contributed by atoms with van der Waals surface area (Å²) < 4.78 is 33.7.